The lowest BCUT2D eigenvalue weighted by molar-refractivity contribution is -0.116. The van der Waals surface area contributed by atoms with Crippen molar-refractivity contribution in [3.05, 3.63) is 47.9 Å². The van der Waals surface area contributed by atoms with Crippen molar-refractivity contribution in [2.45, 2.75) is 33.2 Å². The first-order valence-corrected chi connectivity index (χ1v) is 12.8. The molecular formula is C26H37N11O3. The highest BCUT2D eigenvalue weighted by molar-refractivity contribution is 6.06. The molecule has 0 radical (unpaired) electrons. The summed E-state index contributed by atoms with van der Waals surface area (Å²) in [4.78, 5) is 48.8. The summed E-state index contributed by atoms with van der Waals surface area (Å²) in [7, 11) is 0. The van der Waals surface area contributed by atoms with Crippen molar-refractivity contribution < 1.29 is 14.4 Å². The van der Waals surface area contributed by atoms with Crippen LogP contribution in [0.5, 0.6) is 0 Å². The van der Waals surface area contributed by atoms with Crippen molar-refractivity contribution in [1.82, 2.24) is 14.9 Å². The van der Waals surface area contributed by atoms with E-state index in [0.29, 0.717) is 54.3 Å². The van der Waals surface area contributed by atoms with E-state index >= 15 is 0 Å². The molecule has 14 nitrogen and oxygen atoms in total. The molecule has 2 heterocycles. The molecule has 0 bridgehead atoms. The van der Waals surface area contributed by atoms with Gasteiger partial charge in [0, 0.05) is 48.8 Å². The number of fused-ring (bicyclic) bond motifs is 1. The smallest absolute Gasteiger partial charge is 0.272 e. The van der Waals surface area contributed by atoms with Crippen molar-refractivity contribution in [3.8, 4) is 0 Å². The second kappa shape index (κ2) is 13.7. The Morgan fingerprint density at radius 3 is 2.35 bits per heavy atom. The molecule has 0 saturated heterocycles. The van der Waals surface area contributed by atoms with Gasteiger partial charge in [-0.1, -0.05) is 19.9 Å². The number of nitrogens with zero attached hydrogens (tertiary/aromatic N) is 3. The third-order valence-electron chi connectivity index (χ3n) is 5.65. The van der Waals surface area contributed by atoms with Gasteiger partial charge in [-0.15, -0.1) is 0 Å². The molecule has 3 aromatic rings. The predicted octanol–water partition coefficient (Wildman–Crippen LogP) is 0.873. The standard InChI is InChI=1S/C26H37N11O3/c1-15(2)13-37-14-18(34-22(38)6-9-33-26(29)30)12-21(37)24(40)35-17-5-4-16-10-20(36-19(16)11-17)23(39)31-7-3-8-32-25(27)28/h4-5,10-12,14-15,36H,3,6-9,13H2,1-2H3,(H,31,39)(H,34,38)(H,35,40)(H4,27,28,32)(H4,29,30,33). The number of nitrogens with two attached hydrogens (primary N) is 4. The predicted molar refractivity (Wildman–Crippen MR) is 157 cm³/mol. The summed E-state index contributed by atoms with van der Waals surface area (Å²) in [6.07, 6.45) is 2.43. The molecule has 12 N–H and O–H groups in total. The molecule has 0 fully saturated rings. The molecule has 2 aromatic heterocycles. The molecule has 0 saturated carbocycles. The van der Waals surface area contributed by atoms with Crippen LogP contribution in [0.25, 0.3) is 10.9 Å². The number of guanidine groups is 2. The van der Waals surface area contributed by atoms with Crippen LogP contribution in [-0.4, -0.2) is 58.8 Å². The summed E-state index contributed by atoms with van der Waals surface area (Å²) < 4.78 is 1.80. The van der Waals surface area contributed by atoms with Crippen molar-refractivity contribution in [2.75, 3.05) is 30.3 Å². The van der Waals surface area contributed by atoms with Gasteiger partial charge in [-0.05, 0) is 36.6 Å². The fourth-order valence-electron chi connectivity index (χ4n) is 3.93. The second-order valence-electron chi connectivity index (χ2n) is 9.62. The zero-order valence-corrected chi connectivity index (χ0v) is 22.7. The second-order valence-corrected chi connectivity index (χ2v) is 9.62. The van der Waals surface area contributed by atoms with Gasteiger partial charge in [0.15, 0.2) is 11.9 Å². The van der Waals surface area contributed by atoms with Crippen molar-refractivity contribution in [2.24, 2.45) is 38.8 Å². The first-order chi connectivity index (χ1) is 19.0. The number of hydrogen-bond acceptors (Lipinski definition) is 5. The molecule has 0 aliphatic carbocycles. The Morgan fingerprint density at radius 1 is 0.925 bits per heavy atom. The summed E-state index contributed by atoms with van der Waals surface area (Å²) in [6, 6.07) is 8.69. The van der Waals surface area contributed by atoms with Gasteiger partial charge < -0.3 is 48.4 Å². The Kier molecular flexibility index (Phi) is 10.1. The SMILES string of the molecule is CC(C)Cn1cc(NC(=O)CCN=C(N)N)cc1C(=O)Nc1ccc2cc(C(=O)NCCCN=C(N)N)[nH]c2c1. The fraction of sp³-hybridized carbons (Fsp3) is 0.346. The van der Waals surface area contributed by atoms with Gasteiger partial charge in [0.25, 0.3) is 11.8 Å². The molecule has 1 aromatic carbocycles. The van der Waals surface area contributed by atoms with Crippen LogP contribution in [0.2, 0.25) is 0 Å². The van der Waals surface area contributed by atoms with Crippen LogP contribution >= 0.6 is 0 Å². The summed E-state index contributed by atoms with van der Waals surface area (Å²) in [5.41, 5.74) is 23.7. The van der Waals surface area contributed by atoms with Gasteiger partial charge in [0.1, 0.15) is 11.4 Å². The summed E-state index contributed by atoms with van der Waals surface area (Å²) in [5.74, 6) is -0.679. The summed E-state index contributed by atoms with van der Waals surface area (Å²) >= 11 is 0. The van der Waals surface area contributed by atoms with E-state index < -0.39 is 0 Å². The lowest BCUT2D eigenvalue weighted by Gasteiger charge is -2.11. The number of carbonyl (C=O) groups is 3. The zero-order chi connectivity index (χ0) is 29.2. The van der Waals surface area contributed by atoms with Crippen LogP contribution < -0.4 is 38.9 Å². The first-order valence-electron chi connectivity index (χ1n) is 12.8. The molecule has 3 amide bonds. The number of H-pyrrole nitrogens is 1. The number of carbonyl (C=O) groups excluding carboxylic acids is 3. The maximum absolute atomic E-state index is 13.2. The molecule has 3 rings (SSSR count). The number of amides is 3. The van der Waals surface area contributed by atoms with Crippen molar-refractivity contribution in [3.63, 3.8) is 0 Å². The van der Waals surface area contributed by atoms with E-state index in [1.807, 2.05) is 19.9 Å². The Labute approximate surface area is 231 Å². The van der Waals surface area contributed by atoms with Crippen molar-refractivity contribution in [1.29, 1.82) is 0 Å². The van der Waals surface area contributed by atoms with E-state index in [9.17, 15) is 14.4 Å². The van der Waals surface area contributed by atoms with E-state index in [4.69, 9.17) is 22.9 Å². The topological polar surface area (TPSA) is 237 Å². The summed E-state index contributed by atoms with van der Waals surface area (Å²) in [5, 5.41) is 9.32. The highest BCUT2D eigenvalue weighted by atomic mass is 16.2. The molecule has 0 aliphatic rings. The van der Waals surface area contributed by atoms with E-state index in [1.165, 1.54) is 0 Å². The lowest BCUT2D eigenvalue weighted by atomic mass is 10.2. The highest BCUT2D eigenvalue weighted by Crippen LogP contribution is 2.22. The van der Waals surface area contributed by atoms with Crippen LogP contribution in [0.15, 0.2) is 46.5 Å². The van der Waals surface area contributed by atoms with Crippen LogP contribution in [0.1, 0.15) is 47.7 Å². The largest absolute Gasteiger partial charge is 0.370 e. The van der Waals surface area contributed by atoms with Crippen LogP contribution in [0, 0.1) is 5.92 Å². The first kappa shape index (κ1) is 29.5. The monoisotopic (exact) mass is 551 g/mol. The number of hydrogen-bond donors (Lipinski definition) is 8. The number of nitrogens with one attached hydrogen (secondary N) is 4. The van der Waals surface area contributed by atoms with Gasteiger partial charge in [0.2, 0.25) is 5.91 Å². The molecule has 214 valence electrons. The average Bonchev–Trinajstić information content (AvgIpc) is 3.46. The maximum atomic E-state index is 13.2. The number of aromatic nitrogens is 2. The third-order valence-corrected chi connectivity index (χ3v) is 5.65. The van der Waals surface area contributed by atoms with Gasteiger partial charge in [0.05, 0.1) is 12.2 Å². The molecule has 0 unspecified atom stereocenters. The number of anilines is 2. The number of aliphatic imine (C=N–C) groups is 2. The van der Waals surface area contributed by atoms with E-state index in [1.54, 1.807) is 35.0 Å². The Hall–Kier alpha value is -5.01. The molecule has 0 aliphatic heterocycles. The third kappa shape index (κ3) is 8.79. The molecule has 0 atom stereocenters. The Balaban J connectivity index is 1.68. The Morgan fingerprint density at radius 2 is 1.65 bits per heavy atom. The number of aromatic amines is 1. The van der Waals surface area contributed by atoms with Gasteiger partial charge in [-0.2, -0.15) is 0 Å². The molecule has 0 spiro atoms. The van der Waals surface area contributed by atoms with E-state index in [2.05, 4.69) is 30.9 Å². The fourth-order valence-corrected chi connectivity index (χ4v) is 3.93. The maximum Gasteiger partial charge on any atom is 0.272 e. The zero-order valence-electron chi connectivity index (χ0n) is 22.7. The van der Waals surface area contributed by atoms with E-state index in [0.717, 1.165) is 5.39 Å². The molecular weight excluding hydrogens is 514 g/mol. The van der Waals surface area contributed by atoms with E-state index in [-0.39, 0.29) is 48.5 Å². The minimum Gasteiger partial charge on any atom is -0.370 e. The number of rotatable bonds is 13. The molecule has 14 heteroatoms. The summed E-state index contributed by atoms with van der Waals surface area (Å²) in [6.45, 7) is 5.65. The van der Waals surface area contributed by atoms with Gasteiger partial charge >= 0.3 is 0 Å². The highest BCUT2D eigenvalue weighted by Gasteiger charge is 2.17. The van der Waals surface area contributed by atoms with Crippen LogP contribution in [0.4, 0.5) is 11.4 Å². The normalized spacial score (nSPS) is 10.8. The van der Waals surface area contributed by atoms with Crippen molar-refractivity contribution >= 4 is 51.9 Å². The van der Waals surface area contributed by atoms with Gasteiger partial charge in [-0.25, -0.2) is 0 Å². The minimum absolute atomic E-state index is 0.0150. The van der Waals surface area contributed by atoms with Crippen LogP contribution in [-0.2, 0) is 11.3 Å². The van der Waals surface area contributed by atoms with Gasteiger partial charge in [-0.3, -0.25) is 24.4 Å². The average molecular weight is 552 g/mol. The lowest BCUT2D eigenvalue weighted by Crippen LogP contribution is -2.26. The number of benzene rings is 1. The minimum atomic E-state index is -0.341. The van der Waals surface area contributed by atoms with Crippen LogP contribution in [0.3, 0.4) is 0 Å². The quantitative estimate of drug-likeness (QED) is 0.0865. The molecule has 40 heavy (non-hydrogen) atoms. The Bertz CT molecular complexity index is 1410.